The average Bonchev–Trinajstić information content (AvgIpc) is 3.18. The number of hydrogen-bond donors (Lipinski definition) is 0. The Balaban J connectivity index is 1.33. The van der Waals surface area contributed by atoms with Gasteiger partial charge in [0.1, 0.15) is 5.58 Å². The minimum absolute atomic E-state index is 0.191. The third-order valence-corrected chi connectivity index (χ3v) is 6.87. The molecule has 1 saturated heterocycles. The highest BCUT2D eigenvalue weighted by atomic mass is 35.5. The summed E-state index contributed by atoms with van der Waals surface area (Å²) in [5.41, 5.74) is 3.28. The van der Waals surface area contributed by atoms with Crippen molar-refractivity contribution >= 4 is 29.7 Å². The number of aryl methyl sites for hydroxylation is 1. The molecule has 2 aromatic rings. The molecule has 1 aromatic carbocycles. The van der Waals surface area contributed by atoms with Crippen LogP contribution in [0.3, 0.4) is 0 Å². The molecule has 3 saturated carbocycles. The summed E-state index contributed by atoms with van der Waals surface area (Å²) >= 11 is 6.70. The van der Waals surface area contributed by atoms with Gasteiger partial charge in [-0.1, -0.05) is 19.1 Å². The Morgan fingerprint density at radius 3 is 3.00 bits per heavy atom. The Morgan fingerprint density at radius 1 is 1.29 bits per heavy atom. The molecule has 4 aliphatic rings. The van der Waals surface area contributed by atoms with Crippen molar-refractivity contribution < 1.29 is 13.7 Å². The maximum atomic E-state index is 6.70. The summed E-state index contributed by atoms with van der Waals surface area (Å²) in [5.74, 6) is 2.27. The molecule has 6 rings (SSSR count). The van der Waals surface area contributed by atoms with Crippen LogP contribution in [0.4, 0.5) is 0 Å². The molecule has 6 atom stereocenters. The predicted molar refractivity (Wildman–Crippen MR) is 95.2 cm³/mol. The molecular weight excluding hydrogens is 322 g/mol. The maximum absolute atomic E-state index is 6.70. The molecule has 0 radical (unpaired) electrons. The van der Waals surface area contributed by atoms with Gasteiger partial charge < -0.3 is 13.7 Å². The van der Waals surface area contributed by atoms with Crippen molar-refractivity contribution in [1.29, 1.82) is 0 Å². The lowest BCUT2D eigenvalue weighted by Gasteiger charge is -2.53. The highest BCUT2D eigenvalue weighted by Gasteiger charge is 2.57. The highest BCUT2D eigenvalue weighted by molar-refractivity contribution is 6.59. The lowest BCUT2D eigenvalue weighted by Crippen LogP contribution is -2.53. The van der Waals surface area contributed by atoms with Gasteiger partial charge >= 0.3 is 7.12 Å². The normalized spacial score (nSPS) is 35.8. The summed E-state index contributed by atoms with van der Waals surface area (Å²) in [6.45, 7) is 4.46. The predicted octanol–water partition coefficient (Wildman–Crippen LogP) is 4.38. The molecule has 24 heavy (non-hydrogen) atoms. The molecule has 1 aliphatic heterocycles. The fraction of sp³-hybridized carbons (Fsp3) is 0.579. The molecule has 2 heterocycles. The largest absolute Gasteiger partial charge is 0.476 e. The number of benzene rings is 1. The summed E-state index contributed by atoms with van der Waals surface area (Å²) in [4.78, 5) is 0. The molecule has 5 heteroatoms. The van der Waals surface area contributed by atoms with Gasteiger partial charge in [-0.05, 0) is 61.1 Å². The summed E-state index contributed by atoms with van der Waals surface area (Å²) in [5, 5.41) is 0.984. The van der Waals surface area contributed by atoms with E-state index in [1.807, 2.05) is 18.4 Å². The number of hydrogen-bond acceptors (Lipinski definition) is 3. The third kappa shape index (κ3) is 2.19. The number of halogens is 1. The van der Waals surface area contributed by atoms with Crippen LogP contribution in [0.1, 0.15) is 30.9 Å². The van der Waals surface area contributed by atoms with Crippen molar-refractivity contribution in [2.75, 3.05) is 0 Å². The molecule has 3 aliphatic carbocycles. The number of fused-ring (bicyclic) bond motifs is 1. The van der Waals surface area contributed by atoms with Gasteiger partial charge in [-0.15, -0.1) is 11.6 Å². The summed E-state index contributed by atoms with van der Waals surface area (Å²) in [6, 6.07) is 6.13. The molecule has 6 unspecified atom stereocenters. The molecule has 2 bridgehead atoms. The van der Waals surface area contributed by atoms with E-state index >= 15 is 0 Å². The van der Waals surface area contributed by atoms with Crippen molar-refractivity contribution in [2.24, 2.45) is 17.8 Å². The van der Waals surface area contributed by atoms with E-state index in [-0.39, 0.29) is 24.6 Å². The van der Waals surface area contributed by atoms with Crippen LogP contribution in [-0.4, -0.2) is 24.6 Å². The Bertz CT molecular complexity index is 775. The first-order valence-electron chi connectivity index (χ1n) is 9.02. The van der Waals surface area contributed by atoms with E-state index in [2.05, 4.69) is 19.9 Å². The third-order valence-electron chi connectivity index (χ3n) is 6.51. The Labute approximate surface area is 147 Å². The van der Waals surface area contributed by atoms with Gasteiger partial charge in [0.25, 0.3) is 0 Å². The van der Waals surface area contributed by atoms with E-state index in [0.717, 1.165) is 29.4 Å². The average molecular weight is 345 g/mol. The van der Waals surface area contributed by atoms with Crippen molar-refractivity contribution in [3.05, 3.63) is 35.6 Å². The SMILES string of the molecule is Cc1cccc2occ(CC(Cl)B3OC4CC5CC(C5C)C4O3)c12. The van der Waals surface area contributed by atoms with Gasteiger partial charge in [-0.2, -0.15) is 0 Å². The van der Waals surface area contributed by atoms with Gasteiger partial charge in [0, 0.05) is 5.39 Å². The van der Waals surface area contributed by atoms with Crippen LogP contribution >= 0.6 is 11.6 Å². The van der Waals surface area contributed by atoms with E-state index in [1.165, 1.54) is 17.4 Å². The molecule has 3 nitrogen and oxygen atoms in total. The Morgan fingerprint density at radius 2 is 2.17 bits per heavy atom. The number of rotatable bonds is 3. The lowest BCUT2D eigenvalue weighted by molar-refractivity contribution is -0.0913. The maximum Gasteiger partial charge on any atom is 0.476 e. The van der Waals surface area contributed by atoms with E-state index in [9.17, 15) is 0 Å². The fourth-order valence-electron chi connectivity index (χ4n) is 5.04. The second-order valence-corrected chi connectivity index (χ2v) is 8.39. The van der Waals surface area contributed by atoms with Crippen LogP contribution in [0.25, 0.3) is 11.0 Å². The number of furan rings is 1. The summed E-state index contributed by atoms with van der Waals surface area (Å²) < 4.78 is 18.1. The number of alkyl halides is 1. The van der Waals surface area contributed by atoms with Gasteiger partial charge in [-0.3, -0.25) is 0 Å². The topological polar surface area (TPSA) is 31.6 Å². The Kier molecular flexibility index (Phi) is 3.52. The quantitative estimate of drug-likeness (QED) is 0.612. The minimum Gasteiger partial charge on any atom is -0.464 e. The van der Waals surface area contributed by atoms with Crippen LogP contribution in [0.2, 0.25) is 0 Å². The fourth-order valence-corrected chi connectivity index (χ4v) is 5.32. The molecule has 0 N–H and O–H groups in total. The van der Waals surface area contributed by atoms with Gasteiger partial charge in [0.15, 0.2) is 0 Å². The van der Waals surface area contributed by atoms with Crippen LogP contribution in [0, 0.1) is 24.7 Å². The van der Waals surface area contributed by atoms with Gasteiger partial charge in [0.2, 0.25) is 0 Å². The zero-order chi connectivity index (χ0) is 16.4. The zero-order valence-electron chi connectivity index (χ0n) is 14.1. The lowest BCUT2D eigenvalue weighted by atomic mass is 9.56. The van der Waals surface area contributed by atoms with Crippen LogP contribution in [0.15, 0.2) is 28.9 Å². The molecule has 126 valence electrons. The molecular formula is C19H22BClO3. The second kappa shape index (κ2) is 5.52. The highest BCUT2D eigenvalue weighted by Crippen LogP contribution is 2.54. The van der Waals surface area contributed by atoms with Crippen LogP contribution in [-0.2, 0) is 15.7 Å². The molecule has 0 spiro atoms. The Hall–Kier alpha value is -0.965. The summed E-state index contributed by atoms with van der Waals surface area (Å²) in [6.07, 6.45) is 5.46. The molecule has 0 amide bonds. The first-order chi connectivity index (χ1) is 11.6. The second-order valence-electron chi connectivity index (χ2n) is 7.83. The zero-order valence-corrected chi connectivity index (χ0v) is 14.8. The van der Waals surface area contributed by atoms with Crippen LogP contribution < -0.4 is 0 Å². The molecule has 4 fully saturated rings. The van der Waals surface area contributed by atoms with Crippen molar-refractivity contribution in [3.63, 3.8) is 0 Å². The summed E-state index contributed by atoms with van der Waals surface area (Å²) in [7, 11) is -0.304. The smallest absolute Gasteiger partial charge is 0.464 e. The van der Waals surface area contributed by atoms with Crippen LogP contribution in [0.5, 0.6) is 0 Å². The van der Waals surface area contributed by atoms with Crippen molar-refractivity contribution in [2.45, 2.75) is 50.6 Å². The first-order valence-corrected chi connectivity index (χ1v) is 9.46. The standard InChI is InChI=1S/C19H22BClO3/c1-10-4-3-5-15-18(10)13(9-22-15)8-17(21)20-23-16-7-12-6-14(11(12)2)19(16)24-20/h3-5,9,11-12,14,16-17,19H,6-8H2,1-2H3. The van der Waals surface area contributed by atoms with E-state index in [1.54, 1.807) is 0 Å². The van der Waals surface area contributed by atoms with E-state index < -0.39 is 0 Å². The minimum atomic E-state index is -0.304. The van der Waals surface area contributed by atoms with E-state index in [4.69, 9.17) is 25.3 Å². The monoisotopic (exact) mass is 344 g/mol. The van der Waals surface area contributed by atoms with Crippen molar-refractivity contribution in [1.82, 2.24) is 0 Å². The molecule has 1 aromatic heterocycles. The van der Waals surface area contributed by atoms with Crippen molar-refractivity contribution in [3.8, 4) is 0 Å². The van der Waals surface area contributed by atoms with Gasteiger partial charge in [0.05, 0.1) is 23.7 Å². The van der Waals surface area contributed by atoms with E-state index in [0.29, 0.717) is 12.3 Å². The van der Waals surface area contributed by atoms with Gasteiger partial charge in [-0.25, -0.2) is 0 Å². The first kappa shape index (κ1) is 15.3.